The molecule has 2 heterocycles. The first-order valence-electron chi connectivity index (χ1n) is 16.2. The molecule has 8 unspecified atom stereocenters. The van der Waals surface area contributed by atoms with Crippen molar-refractivity contribution < 1.29 is 105 Å². The van der Waals surface area contributed by atoms with Crippen molar-refractivity contribution in [1.82, 2.24) is 63.0 Å². The number of hydrogen-bond donors (Lipinski definition) is 14. The molecular formula is C24H54N12Na2O10S2. The Morgan fingerprint density at radius 1 is 0.580 bits per heavy atom. The summed E-state index contributed by atoms with van der Waals surface area (Å²) in [5.74, 6) is -1.19. The van der Waals surface area contributed by atoms with Crippen LogP contribution in [-0.4, -0.2) is 183 Å². The van der Waals surface area contributed by atoms with E-state index in [0.29, 0.717) is 6.42 Å². The summed E-state index contributed by atoms with van der Waals surface area (Å²) in [5, 5.41) is 70.9. The van der Waals surface area contributed by atoms with Gasteiger partial charge in [0.1, 0.15) is 37.7 Å². The van der Waals surface area contributed by atoms with Crippen LogP contribution >= 0.6 is 0 Å². The number of hydrogen-bond acceptors (Lipinski definition) is 22. The van der Waals surface area contributed by atoms with Gasteiger partial charge in [0.2, 0.25) is 0 Å². The molecule has 1 saturated carbocycles. The molecular weight excluding hydrogens is 726 g/mol. The van der Waals surface area contributed by atoms with Crippen molar-refractivity contribution in [2.24, 2.45) is 0 Å². The summed E-state index contributed by atoms with van der Waals surface area (Å²) in [5.41, 5.74) is 0. The minimum absolute atomic E-state index is 0. The van der Waals surface area contributed by atoms with Crippen LogP contribution in [0, 0.1) is 0 Å². The topological polar surface area (TPSA) is 322 Å². The number of nitrogens with one attached hydrogen (secondary N) is 10. The predicted molar refractivity (Wildman–Crippen MR) is 170 cm³/mol. The second-order valence-corrected chi connectivity index (χ2v) is 14.9. The summed E-state index contributed by atoms with van der Waals surface area (Å²) >= 11 is 0. The van der Waals surface area contributed by atoms with Crippen LogP contribution in [0.3, 0.4) is 0 Å². The second kappa shape index (κ2) is 25.4. The van der Waals surface area contributed by atoms with Gasteiger partial charge in [-0.15, -0.1) is 0 Å². The van der Waals surface area contributed by atoms with E-state index in [0.717, 1.165) is 19.3 Å². The SMILES string of the molecule is O=S(=O)([O-])CCNC1NC(NC2CCCC(NC3NC(NCCS(=O)(=O)[O-])NC(N(CCO)CCO)N3)C2)NC(N(CCO)CCO)N1.[Na+].[Na+]. The quantitative estimate of drug-likeness (QED) is 0.0358. The van der Waals surface area contributed by atoms with Gasteiger partial charge in [-0.2, -0.15) is 0 Å². The van der Waals surface area contributed by atoms with E-state index >= 15 is 0 Å². The van der Waals surface area contributed by atoms with Crippen molar-refractivity contribution in [3.8, 4) is 0 Å². The summed E-state index contributed by atoms with van der Waals surface area (Å²) in [4.78, 5) is 3.58. The van der Waals surface area contributed by atoms with Crippen molar-refractivity contribution in [3.05, 3.63) is 0 Å². The molecule has 0 aromatic rings. The van der Waals surface area contributed by atoms with Crippen LogP contribution in [-0.2, 0) is 20.2 Å². The molecule has 0 radical (unpaired) electrons. The Labute approximate surface area is 338 Å². The van der Waals surface area contributed by atoms with Gasteiger partial charge in [-0.3, -0.25) is 63.0 Å². The van der Waals surface area contributed by atoms with Crippen molar-refractivity contribution in [2.75, 3.05) is 77.2 Å². The van der Waals surface area contributed by atoms with E-state index in [4.69, 9.17) is 0 Å². The maximum absolute atomic E-state index is 11.1. The van der Waals surface area contributed by atoms with E-state index in [2.05, 4.69) is 53.2 Å². The molecule has 22 nitrogen and oxygen atoms in total. The largest absolute Gasteiger partial charge is 1.00 e. The van der Waals surface area contributed by atoms with Gasteiger partial charge in [-0.05, 0) is 19.3 Å². The summed E-state index contributed by atoms with van der Waals surface area (Å²) in [6.07, 6.45) is 0.0233. The summed E-state index contributed by atoms with van der Waals surface area (Å²) in [7, 11) is -8.84. The molecule has 1 aliphatic carbocycles. The fraction of sp³-hybridized carbons (Fsp3) is 1.00. The van der Waals surface area contributed by atoms with Crippen LogP contribution in [0.5, 0.6) is 0 Å². The van der Waals surface area contributed by atoms with Gasteiger partial charge in [-0.25, -0.2) is 16.8 Å². The molecule has 3 aliphatic rings. The Hall–Kier alpha value is 1.18. The molecule has 2 saturated heterocycles. The Morgan fingerprint density at radius 3 is 1.24 bits per heavy atom. The third-order valence-electron chi connectivity index (χ3n) is 8.12. The first-order chi connectivity index (χ1) is 22.8. The summed E-state index contributed by atoms with van der Waals surface area (Å²) < 4.78 is 66.7. The molecule has 0 aromatic heterocycles. The van der Waals surface area contributed by atoms with Gasteiger partial charge in [0.05, 0.1) is 58.2 Å². The Kier molecular flexibility index (Phi) is 25.0. The Bertz CT molecular complexity index is 1050. The first kappa shape index (κ1) is 49.2. The van der Waals surface area contributed by atoms with Crippen molar-refractivity contribution in [1.29, 1.82) is 0 Å². The Balaban J connectivity index is 0.00000625. The maximum atomic E-state index is 11.1. The monoisotopic (exact) mass is 780 g/mol. The van der Waals surface area contributed by atoms with Gasteiger partial charge >= 0.3 is 59.1 Å². The molecule has 0 spiro atoms. The normalized spacial score (nSPS) is 29.4. The third-order valence-corrected chi connectivity index (χ3v) is 9.53. The van der Waals surface area contributed by atoms with E-state index in [1.54, 1.807) is 9.80 Å². The summed E-state index contributed by atoms with van der Waals surface area (Å²) in [6, 6.07) is 0.0292. The van der Waals surface area contributed by atoms with Crippen molar-refractivity contribution >= 4 is 20.2 Å². The number of nitrogens with zero attached hydrogens (tertiary/aromatic N) is 2. The van der Waals surface area contributed by atoms with Gasteiger partial charge in [0.25, 0.3) is 0 Å². The van der Waals surface area contributed by atoms with Crippen LogP contribution in [0.4, 0.5) is 0 Å². The zero-order chi connectivity index (χ0) is 35.2. The predicted octanol–water partition coefficient (Wildman–Crippen LogP) is -14.4. The van der Waals surface area contributed by atoms with Crippen LogP contribution < -0.4 is 112 Å². The second-order valence-electron chi connectivity index (χ2n) is 11.8. The van der Waals surface area contributed by atoms with E-state index in [1.165, 1.54) is 0 Å². The first-order valence-corrected chi connectivity index (χ1v) is 19.3. The van der Waals surface area contributed by atoms with E-state index in [9.17, 15) is 46.4 Å². The van der Waals surface area contributed by atoms with Gasteiger partial charge in [0, 0.05) is 51.4 Å². The van der Waals surface area contributed by atoms with Crippen molar-refractivity contribution in [3.63, 3.8) is 0 Å². The third kappa shape index (κ3) is 19.2. The average Bonchev–Trinajstić information content (AvgIpc) is 2.99. The van der Waals surface area contributed by atoms with Gasteiger partial charge in [-0.1, -0.05) is 6.42 Å². The van der Waals surface area contributed by atoms with Gasteiger partial charge in [0.15, 0.2) is 0 Å². The van der Waals surface area contributed by atoms with Crippen LogP contribution in [0.2, 0.25) is 0 Å². The zero-order valence-electron chi connectivity index (χ0n) is 28.9. The number of aliphatic hydroxyl groups excluding tert-OH is 4. The minimum atomic E-state index is -4.42. The fourth-order valence-corrected chi connectivity index (χ4v) is 6.71. The molecule has 3 rings (SSSR count). The standard InChI is InChI=1S/C24H56N12O10S2.2Na/c37-10-6-35(7-11-38)23-31-19(25-4-14-47(41,42)43)29-21(33-23)27-17-2-1-3-18(16-17)28-22-30-20(26-5-15-48(44,45)46)32-24(34-22)36(8-12-39)9-13-40;;/h17-34,37-40H,1-16H2,(H,41,42,43)(H,44,45,46);;/q;2*+1/p-2. The van der Waals surface area contributed by atoms with Crippen molar-refractivity contribution in [2.45, 2.75) is 75.5 Å². The van der Waals surface area contributed by atoms with Crippen LogP contribution in [0.25, 0.3) is 0 Å². The van der Waals surface area contributed by atoms with E-state index < -0.39 is 69.5 Å². The molecule has 2 aliphatic heterocycles. The fourth-order valence-electron chi connectivity index (χ4n) is 5.98. The zero-order valence-corrected chi connectivity index (χ0v) is 34.5. The summed E-state index contributed by atoms with van der Waals surface area (Å²) in [6.45, 7) is 0.202. The maximum Gasteiger partial charge on any atom is 1.00 e. The van der Waals surface area contributed by atoms with Gasteiger partial charge < -0.3 is 29.5 Å². The molecule has 50 heavy (non-hydrogen) atoms. The molecule has 0 amide bonds. The number of aliphatic hydroxyl groups is 4. The molecule has 0 bridgehead atoms. The van der Waals surface area contributed by atoms with E-state index in [1.807, 2.05) is 0 Å². The Morgan fingerprint density at radius 2 is 0.920 bits per heavy atom. The van der Waals surface area contributed by atoms with E-state index in [-0.39, 0.29) is 137 Å². The molecule has 8 atom stereocenters. The molecule has 14 N–H and O–H groups in total. The van der Waals surface area contributed by atoms with Crippen LogP contribution in [0.1, 0.15) is 25.7 Å². The van der Waals surface area contributed by atoms with Crippen LogP contribution in [0.15, 0.2) is 0 Å². The minimum Gasteiger partial charge on any atom is -0.748 e. The molecule has 26 heteroatoms. The number of rotatable bonds is 22. The average molecular weight is 781 g/mol. The molecule has 284 valence electrons. The molecule has 3 fully saturated rings. The molecule has 0 aromatic carbocycles. The smallest absolute Gasteiger partial charge is 0.748 e.